The Labute approximate surface area is 136 Å². The minimum Gasteiger partial charge on any atom is -0.378 e. The number of thiophene rings is 1. The predicted molar refractivity (Wildman–Crippen MR) is 81.4 cm³/mol. The third-order valence-corrected chi connectivity index (χ3v) is 4.66. The van der Waals surface area contributed by atoms with Gasteiger partial charge in [0, 0.05) is 33.3 Å². The van der Waals surface area contributed by atoms with Crippen molar-refractivity contribution in [1.82, 2.24) is 15.5 Å². The van der Waals surface area contributed by atoms with E-state index < -0.39 is 11.1 Å². The van der Waals surface area contributed by atoms with E-state index in [1.807, 2.05) is 11.8 Å². The number of hydrogen-bond acceptors (Lipinski definition) is 4. The molecule has 130 valence electrons. The lowest BCUT2D eigenvalue weighted by Crippen LogP contribution is -2.47. The molecule has 0 spiro atoms. The summed E-state index contributed by atoms with van der Waals surface area (Å²) in [7, 11) is 1.56. The second kappa shape index (κ2) is 7.50. The Morgan fingerprint density at radius 1 is 1.48 bits per heavy atom. The molecule has 2 heterocycles. The molecule has 1 aromatic heterocycles. The van der Waals surface area contributed by atoms with Crippen LogP contribution in [0.25, 0.3) is 0 Å². The van der Waals surface area contributed by atoms with Crippen LogP contribution in [-0.4, -0.2) is 49.8 Å². The van der Waals surface area contributed by atoms with Crippen LogP contribution < -0.4 is 10.6 Å². The molecule has 9 heteroatoms. The lowest BCUT2D eigenvalue weighted by atomic mass is 10.2. The summed E-state index contributed by atoms with van der Waals surface area (Å²) in [6.07, 6.45) is -4.48. The Bertz CT molecular complexity index is 536. The molecule has 1 aromatic rings. The van der Waals surface area contributed by atoms with Crippen LogP contribution in [0.2, 0.25) is 0 Å². The molecule has 2 atom stereocenters. The maximum atomic E-state index is 12.6. The van der Waals surface area contributed by atoms with E-state index in [0.29, 0.717) is 43.1 Å². The van der Waals surface area contributed by atoms with Crippen molar-refractivity contribution in [2.24, 2.45) is 0 Å². The first-order valence-electron chi connectivity index (χ1n) is 7.27. The number of nitrogens with zero attached hydrogens (tertiary/aromatic N) is 1. The number of nitrogens with one attached hydrogen (secondary N) is 2. The van der Waals surface area contributed by atoms with Crippen LogP contribution in [0.3, 0.4) is 0 Å². The van der Waals surface area contributed by atoms with E-state index in [2.05, 4.69) is 10.6 Å². The number of methoxy groups -OCH3 is 1. The van der Waals surface area contributed by atoms with Gasteiger partial charge in [0.05, 0.1) is 12.1 Å². The highest BCUT2D eigenvalue weighted by atomic mass is 32.1. The van der Waals surface area contributed by atoms with Crippen LogP contribution in [0, 0.1) is 0 Å². The second-order valence-corrected chi connectivity index (χ2v) is 6.31. The van der Waals surface area contributed by atoms with Gasteiger partial charge in [-0.15, -0.1) is 11.3 Å². The number of likely N-dealkylation sites (tertiary alicyclic amines) is 1. The summed E-state index contributed by atoms with van der Waals surface area (Å²) in [5.74, 6) is 0. The summed E-state index contributed by atoms with van der Waals surface area (Å²) in [6, 6.07) is 0.723. The highest BCUT2D eigenvalue weighted by molar-refractivity contribution is 7.10. The lowest BCUT2D eigenvalue weighted by molar-refractivity contribution is -0.134. The molecule has 23 heavy (non-hydrogen) atoms. The van der Waals surface area contributed by atoms with Gasteiger partial charge in [0.25, 0.3) is 0 Å². The van der Waals surface area contributed by atoms with Crippen LogP contribution in [0.4, 0.5) is 18.0 Å². The van der Waals surface area contributed by atoms with Crippen molar-refractivity contribution in [2.75, 3.05) is 26.7 Å². The van der Waals surface area contributed by atoms with Gasteiger partial charge in [-0.1, -0.05) is 0 Å². The molecule has 1 fully saturated rings. The van der Waals surface area contributed by atoms with Crippen LogP contribution in [0.1, 0.15) is 17.4 Å². The predicted octanol–water partition coefficient (Wildman–Crippen LogP) is 2.29. The number of ether oxygens (including phenoxy) is 1. The number of carbonyl (C=O) groups is 1. The molecule has 0 aromatic carbocycles. The third kappa shape index (κ3) is 4.82. The summed E-state index contributed by atoms with van der Waals surface area (Å²) in [6.45, 7) is 3.84. The number of amides is 2. The van der Waals surface area contributed by atoms with E-state index in [0.717, 1.165) is 0 Å². The van der Waals surface area contributed by atoms with Crippen molar-refractivity contribution in [1.29, 1.82) is 0 Å². The zero-order valence-electron chi connectivity index (χ0n) is 12.9. The number of carbonyl (C=O) groups excluding carboxylic acids is 1. The maximum Gasteiger partial charge on any atom is 0.425 e. The molecule has 2 rings (SSSR count). The molecule has 5 nitrogen and oxygen atoms in total. The molecule has 0 saturated carbocycles. The van der Waals surface area contributed by atoms with Gasteiger partial charge in [-0.05, 0) is 23.9 Å². The average Bonchev–Trinajstić information content (AvgIpc) is 3.06. The Morgan fingerprint density at radius 3 is 2.78 bits per heavy atom. The molecular formula is C14H20F3N3O2S. The topological polar surface area (TPSA) is 53.6 Å². The van der Waals surface area contributed by atoms with Gasteiger partial charge in [-0.25, -0.2) is 4.79 Å². The molecule has 0 bridgehead atoms. The SMILES string of the molecule is CCNC(=O)N[C@@H]1CN(Cc2csc(C(F)(F)F)c2)C[C@H]1OC. The molecule has 0 radical (unpaired) electrons. The van der Waals surface area contributed by atoms with Gasteiger partial charge in [-0.3, -0.25) is 4.90 Å². The summed E-state index contributed by atoms with van der Waals surface area (Å²) in [4.78, 5) is 13.0. The fourth-order valence-corrected chi connectivity index (χ4v) is 3.38. The Balaban J connectivity index is 1.94. The Morgan fingerprint density at radius 2 is 2.22 bits per heavy atom. The second-order valence-electron chi connectivity index (χ2n) is 5.40. The van der Waals surface area contributed by atoms with Crippen molar-refractivity contribution in [3.8, 4) is 0 Å². The fraction of sp³-hybridized carbons (Fsp3) is 0.643. The van der Waals surface area contributed by atoms with Crippen LogP contribution in [-0.2, 0) is 17.5 Å². The molecule has 1 aliphatic heterocycles. The van der Waals surface area contributed by atoms with E-state index in [1.165, 1.54) is 11.4 Å². The first kappa shape index (κ1) is 18.0. The molecular weight excluding hydrogens is 331 g/mol. The number of alkyl halides is 3. The largest absolute Gasteiger partial charge is 0.425 e. The summed E-state index contributed by atoms with van der Waals surface area (Å²) in [5.41, 5.74) is 0.621. The molecule has 0 aliphatic carbocycles. The van der Waals surface area contributed by atoms with Crippen LogP contribution >= 0.6 is 11.3 Å². The van der Waals surface area contributed by atoms with Gasteiger partial charge < -0.3 is 15.4 Å². The minimum absolute atomic E-state index is 0.182. The quantitative estimate of drug-likeness (QED) is 0.856. The number of rotatable bonds is 5. The smallest absolute Gasteiger partial charge is 0.378 e. The standard InChI is InChI=1S/C14H20F3N3O2S/c1-3-18-13(21)19-10-6-20(7-11(10)22-2)5-9-4-12(23-8-9)14(15,16)17/h4,8,10-11H,3,5-7H2,1-2H3,(H2,18,19,21)/t10-,11-/m1/s1. The lowest BCUT2D eigenvalue weighted by Gasteiger charge is -2.18. The van der Waals surface area contributed by atoms with Gasteiger partial charge in [0.1, 0.15) is 4.88 Å². The maximum absolute atomic E-state index is 12.6. The molecule has 0 unspecified atom stereocenters. The van der Waals surface area contributed by atoms with Crippen molar-refractivity contribution in [2.45, 2.75) is 31.8 Å². The van der Waals surface area contributed by atoms with E-state index in [4.69, 9.17) is 4.74 Å². The highest BCUT2D eigenvalue weighted by Crippen LogP contribution is 2.34. The summed E-state index contributed by atoms with van der Waals surface area (Å²) >= 11 is 0.702. The zero-order chi connectivity index (χ0) is 17.0. The van der Waals surface area contributed by atoms with Crippen molar-refractivity contribution < 1.29 is 22.7 Å². The van der Waals surface area contributed by atoms with Crippen LogP contribution in [0.15, 0.2) is 11.4 Å². The van der Waals surface area contributed by atoms with Gasteiger partial charge in [-0.2, -0.15) is 13.2 Å². The minimum atomic E-state index is -4.30. The van der Waals surface area contributed by atoms with E-state index in [1.54, 1.807) is 7.11 Å². The Kier molecular flexibility index (Phi) is 5.88. The molecule has 1 aliphatic rings. The van der Waals surface area contributed by atoms with Gasteiger partial charge in [0.15, 0.2) is 0 Å². The molecule has 2 amide bonds. The zero-order valence-corrected chi connectivity index (χ0v) is 13.8. The van der Waals surface area contributed by atoms with E-state index >= 15 is 0 Å². The van der Waals surface area contributed by atoms with Crippen molar-refractivity contribution >= 4 is 17.4 Å². The summed E-state index contributed by atoms with van der Waals surface area (Å²) in [5, 5.41) is 7.01. The van der Waals surface area contributed by atoms with Gasteiger partial charge >= 0.3 is 12.2 Å². The van der Waals surface area contributed by atoms with Crippen molar-refractivity contribution in [3.63, 3.8) is 0 Å². The molecule has 2 N–H and O–H groups in total. The third-order valence-electron chi connectivity index (χ3n) is 3.64. The fourth-order valence-electron chi connectivity index (χ4n) is 2.60. The number of urea groups is 1. The number of hydrogen-bond donors (Lipinski definition) is 2. The van der Waals surface area contributed by atoms with Crippen molar-refractivity contribution in [3.05, 3.63) is 21.9 Å². The highest BCUT2D eigenvalue weighted by Gasteiger charge is 2.35. The van der Waals surface area contributed by atoms with E-state index in [9.17, 15) is 18.0 Å². The first-order chi connectivity index (χ1) is 10.8. The van der Waals surface area contributed by atoms with E-state index in [-0.39, 0.29) is 18.2 Å². The first-order valence-corrected chi connectivity index (χ1v) is 8.15. The van der Waals surface area contributed by atoms with Crippen LogP contribution in [0.5, 0.6) is 0 Å². The Hall–Kier alpha value is -1.32. The monoisotopic (exact) mass is 351 g/mol. The molecule has 1 saturated heterocycles. The summed E-state index contributed by atoms with van der Waals surface area (Å²) < 4.78 is 43.3. The van der Waals surface area contributed by atoms with Gasteiger partial charge in [0.2, 0.25) is 0 Å². The normalized spacial score (nSPS) is 22.3. The number of halogens is 3. The average molecular weight is 351 g/mol.